The summed E-state index contributed by atoms with van der Waals surface area (Å²) in [6.07, 6.45) is 1.20. The van der Waals surface area contributed by atoms with Crippen molar-refractivity contribution >= 4 is 23.5 Å². The molecule has 30 heavy (non-hydrogen) atoms. The Morgan fingerprint density at radius 2 is 1.67 bits per heavy atom. The zero-order chi connectivity index (χ0) is 21.7. The van der Waals surface area contributed by atoms with E-state index in [1.54, 1.807) is 24.3 Å². The van der Waals surface area contributed by atoms with Gasteiger partial charge in [-0.2, -0.15) is 5.10 Å². The number of hydrazone groups is 1. The van der Waals surface area contributed by atoms with Crippen LogP contribution in [0.3, 0.4) is 0 Å². The summed E-state index contributed by atoms with van der Waals surface area (Å²) >= 11 is 6.10. The minimum absolute atomic E-state index is 0.117. The Balaban J connectivity index is 1.73. The molecule has 1 N–H and O–H groups in total. The summed E-state index contributed by atoms with van der Waals surface area (Å²) in [7, 11) is 1.44. The molecule has 0 spiro atoms. The van der Waals surface area contributed by atoms with E-state index in [-0.39, 0.29) is 12.7 Å². The molecule has 3 aromatic rings. The average Bonchev–Trinajstić information content (AvgIpc) is 2.74. The number of hydrogen-bond donors (Lipinski definition) is 1. The summed E-state index contributed by atoms with van der Waals surface area (Å²) in [6, 6.07) is 12.1. The molecule has 0 saturated heterocycles. The Morgan fingerprint density at radius 1 is 0.967 bits per heavy atom. The van der Waals surface area contributed by atoms with E-state index >= 15 is 0 Å². The Kier molecular flexibility index (Phi) is 6.79. The third kappa shape index (κ3) is 4.83. The molecular formula is C21H15ClF4N2O2. The van der Waals surface area contributed by atoms with Crippen LogP contribution in [0.15, 0.2) is 53.6 Å². The lowest BCUT2D eigenvalue weighted by atomic mass is 10.2. The van der Waals surface area contributed by atoms with E-state index in [0.29, 0.717) is 22.1 Å². The monoisotopic (exact) mass is 438 g/mol. The topological polar surface area (TPSA) is 42.8 Å². The van der Waals surface area contributed by atoms with Crippen molar-refractivity contribution in [2.75, 3.05) is 12.5 Å². The van der Waals surface area contributed by atoms with Crippen LogP contribution in [-0.4, -0.2) is 13.3 Å². The van der Waals surface area contributed by atoms with Crippen molar-refractivity contribution in [1.29, 1.82) is 0 Å². The van der Waals surface area contributed by atoms with Gasteiger partial charge in [0.1, 0.15) is 12.3 Å². The zero-order valence-corrected chi connectivity index (χ0v) is 16.3. The van der Waals surface area contributed by atoms with Crippen LogP contribution in [0.5, 0.6) is 11.5 Å². The number of ether oxygens (including phenoxy) is 2. The molecule has 0 amide bonds. The lowest BCUT2D eigenvalue weighted by molar-refractivity contribution is 0.284. The molecule has 0 atom stereocenters. The van der Waals surface area contributed by atoms with Gasteiger partial charge in [0.25, 0.3) is 0 Å². The first-order valence-electron chi connectivity index (χ1n) is 8.57. The standard InChI is InChI=1S/C21H15ClF4N2O2/c1-29-18-8-12(6-7-17(18)30-11-13-4-2-3-5-14(13)22)10-27-28-21-19(25)15(23)9-16(24)20(21)26/h2-10,28H,11H2,1H3. The number of methoxy groups -OCH3 is 1. The Bertz CT molecular complexity index is 1070. The maximum absolute atomic E-state index is 13.6. The van der Waals surface area contributed by atoms with Gasteiger partial charge in [-0.25, -0.2) is 17.6 Å². The fourth-order valence-electron chi connectivity index (χ4n) is 2.50. The van der Waals surface area contributed by atoms with Crippen LogP contribution < -0.4 is 14.9 Å². The van der Waals surface area contributed by atoms with Crippen molar-refractivity contribution in [3.05, 3.63) is 87.9 Å². The molecule has 0 radical (unpaired) electrons. The number of anilines is 1. The zero-order valence-electron chi connectivity index (χ0n) is 15.6. The van der Waals surface area contributed by atoms with Crippen LogP contribution in [0, 0.1) is 23.3 Å². The molecule has 3 rings (SSSR count). The van der Waals surface area contributed by atoms with E-state index in [1.165, 1.54) is 13.3 Å². The second-order valence-electron chi connectivity index (χ2n) is 6.00. The highest BCUT2D eigenvalue weighted by Crippen LogP contribution is 2.29. The number of benzene rings is 3. The van der Waals surface area contributed by atoms with Gasteiger partial charge in [0.05, 0.1) is 13.3 Å². The van der Waals surface area contributed by atoms with E-state index in [4.69, 9.17) is 21.1 Å². The lowest BCUT2D eigenvalue weighted by Gasteiger charge is -2.12. The highest BCUT2D eigenvalue weighted by molar-refractivity contribution is 6.31. The Morgan fingerprint density at radius 3 is 2.33 bits per heavy atom. The van der Waals surface area contributed by atoms with Crippen molar-refractivity contribution in [1.82, 2.24) is 0 Å². The average molecular weight is 439 g/mol. The van der Waals surface area contributed by atoms with Crippen molar-refractivity contribution in [3.63, 3.8) is 0 Å². The smallest absolute Gasteiger partial charge is 0.186 e. The van der Waals surface area contributed by atoms with Gasteiger partial charge in [0.15, 0.2) is 34.8 Å². The molecule has 9 heteroatoms. The predicted octanol–water partition coefficient (Wildman–Crippen LogP) is 5.93. The first-order chi connectivity index (χ1) is 14.4. The summed E-state index contributed by atoms with van der Waals surface area (Å²) in [5.74, 6) is -5.41. The second-order valence-corrected chi connectivity index (χ2v) is 6.41. The van der Waals surface area contributed by atoms with Crippen molar-refractivity contribution < 1.29 is 27.0 Å². The van der Waals surface area contributed by atoms with Crippen LogP contribution in [0.1, 0.15) is 11.1 Å². The maximum atomic E-state index is 13.6. The fraction of sp³-hybridized carbons (Fsp3) is 0.0952. The molecule has 156 valence electrons. The van der Waals surface area contributed by atoms with E-state index in [0.717, 1.165) is 5.56 Å². The Labute approximate surface area is 174 Å². The van der Waals surface area contributed by atoms with Gasteiger partial charge in [0.2, 0.25) is 0 Å². The molecule has 0 heterocycles. The van der Waals surface area contributed by atoms with Crippen LogP contribution in [0.2, 0.25) is 5.02 Å². The predicted molar refractivity (Wildman–Crippen MR) is 106 cm³/mol. The van der Waals surface area contributed by atoms with Gasteiger partial charge in [-0.15, -0.1) is 0 Å². The van der Waals surface area contributed by atoms with Crippen LogP contribution in [0.25, 0.3) is 0 Å². The molecule has 0 bridgehead atoms. The minimum atomic E-state index is -1.58. The van der Waals surface area contributed by atoms with Crippen molar-refractivity contribution in [2.24, 2.45) is 5.10 Å². The first-order valence-corrected chi connectivity index (χ1v) is 8.94. The van der Waals surface area contributed by atoms with Crippen LogP contribution >= 0.6 is 11.6 Å². The highest BCUT2D eigenvalue weighted by atomic mass is 35.5. The lowest BCUT2D eigenvalue weighted by Crippen LogP contribution is -2.03. The third-order valence-corrected chi connectivity index (χ3v) is 4.40. The van der Waals surface area contributed by atoms with E-state index in [9.17, 15) is 17.6 Å². The van der Waals surface area contributed by atoms with Crippen molar-refractivity contribution in [2.45, 2.75) is 6.61 Å². The van der Waals surface area contributed by atoms with Gasteiger partial charge in [-0.1, -0.05) is 29.8 Å². The van der Waals surface area contributed by atoms with E-state index in [2.05, 4.69) is 5.10 Å². The van der Waals surface area contributed by atoms with Crippen LogP contribution in [0.4, 0.5) is 23.2 Å². The highest BCUT2D eigenvalue weighted by Gasteiger charge is 2.18. The van der Waals surface area contributed by atoms with Crippen LogP contribution in [-0.2, 0) is 6.61 Å². The van der Waals surface area contributed by atoms with E-state index in [1.807, 2.05) is 23.6 Å². The number of nitrogens with zero attached hydrogens (tertiary/aromatic N) is 1. The molecule has 0 aliphatic carbocycles. The largest absolute Gasteiger partial charge is 0.493 e. The van der Waals surface area contributed by atoms with E-state index < -0.39 is 29.0 Å². The summed E-state index contributed by atoms with van der Waals surface area (Å²) in [4.78, 5) is 0. The molecule has 0 unspecified atom stereocenters. The minimum Gasteiger partial charge on any atom is -0.493 e. The van der Waals surface area contributed by atoms with Gasteiger partial charge in [0, 0.05) is 16.7 Å². The molecule has 3 aromatic carbocycles. The number of halogens is 5. The molecule has 0 saturated carbocycles. The summed E-state index contributed by atoms with van der Waals surface area (Å²) in [6.45, 7) is 0.217. The fourth-order valence-corrected chi connectivity index (χ4v) is 2.69. The molecule has 0 fully saturated rings. The number of hydrogen-bond acceptors (Lipinski definition) is 4. The first kappa shape index (κ1) is 21.4. The molecule has 0 aliphatic heterocycles. The number of rotatable bonds is 7. The second kappa shape index (κ2) is 9.49. The summed E-state index contributed by atoms with van der Waals surface area (Å²) in [5, 5.41) is 4.19. The number of nitrogens with one attached hydrogen (secondary N) is 1. The quantitative estimate of drug-likeness (QED) is 0.215. The summed E-state index contributed by atoms with van der Waals surface area (Å²) in [5.41, 5.74) is 2.21. The van der Waals surface area contributed by atoms with Crippen molar-refractivity contribution in [3.8, 4) is 11.5 Å². The third-order valence-electron chi connectivity index (χ3n) is 4.03. The maximum Gasteiger partial charge on any atom is 0.186 e. The summed E-state index contributed by atoms with van der Waals surface area (Å²) < 4.78 is 64.7. The van der Waals surface area contributed by atoms with Gasteiger partial charge >= 0.3 is 0 Å². The molecular weight excluding hydrogens is 424 g/mol. The van der Waals surface area contributed by atoms with Gasteiger partial charge < -0.3 is 9.47 Å². The normalized spacial score (nSPS) is 11.0. The molecule has 4 nitrogen and oxygen atoms in total. The Hall–Kier alpha value is -3.26. The molecule has 0 aliphatic rings. The van der Waals surface area contributed by atoms with Gasteiger partial charge in [-0.3, -0.25) is 5.43 Å². The molecule has 0 aromatic heterocycles. The van der Waals surface area contributed by atoms with Gasteiger partial charge in [-0.05, 0) is 29.8 Å². The SMILES string of the molecule is COc1cc(C=NNc2c(F)c(F)cc(F)c2F)ccc1OCc1ccccc1Cl.